The summed E-state index contributed by atoms with van der Waals surface area (Å²) in [7, 11) is 2.08. The van der Waals surface area contributed by atoms with Gasteiger partial charge in [-0.1, -0.05) is 49.6 Å². The van der Waals surface area contributed by atoms with Gasteiger partial charge in [-0.3, -0.25) is 4.79 Å². The first kappa shape index (κ1) is 17.0. The van der Waals surface area contributed by atoms with Gasteiger partial charge in [0.2, 0.25) is 5.91 Å². The molecule has 0 saturated heterocycles. The van der Waals surface area contributed by atoms with Crippen LogP contribution in [0.3, 0.4) is 0 Å². The van der Waals surface area contributed by atoms with Crippen molar-refractivity contribution >= 4 is 5.91 Å². The number of likely N-dealkylation sites (N-methyl/N-ethyl adjacent to an activating group) is 1. The maximum Gasteiger partial charge on any atom is 0.240 e. The summed E-state index contributed by atoms with van der Waals surface area (Å²) in [6, 6.07) is 10.5. The third-order valence-corrected chi connectivity index (χ3v) is 4.46. The van der Waals surface area contributed by atoms with Gasteiger partial charge >= 0.3 is 0 Å². The highest BCUT2D eigenvalue weighted by molar-refractivity contribution is 5.86. The molecule has 22 heavy (non-hydrogen) atoms. The van der Waals surface area contributed by atoms with Gasteiger partial charge in [0, 0.05) is 19.1 Å². The monoisotopic (exact) mass is 303 g/mol. The van der Waals surface area contributed by atoms with Crippen molar-refractivity contribution in [1.82, 2.24) is 10.2 Å². The van der Waals surface area contributed by atoms with E-state index in [2.05, 4.69) is 41.5 Å². The molecule has 4 nitrogen and oxygen atoms in total. The van der Waals surface area contributed by atoms with Crippen LogP contribution in [0.5, 0.6) is 0 Å². The van der Waals surface area contributed by atoms with E-state index < -0.39 is 5.54 Å². The SMILES string of the molecule is CC(CN(C)Cc1ccccc1)NC(=O)C1(N)CCCCC1. The zero-order chi connectivity index (χ0) is 16.0. The summed E-state index contributed by atoms with van der Waals surface area (Å²) in [5, 5.41) is 3.10. The second-order valence-electron chi connectivity index (χ2n) is 6.77. The molecule has 1 saturated carbocycles. The van der Waals surface area contributed by atoms with Crippen molar-refractivity contribution < 1.29 is 4.79 Å². The Kier molecular flexibility index (Phi) is 5.98. The van der Waals surface area contributed by atoms with Crippen molar-refractivity contribution in [3.8, 4) is 0 Å². The quantitative estimate of drug-likeness (QED) is 0.847. The van der Waals surface area contributed by atoms with Gasteiger partial charge in [0.25, 0.3) is 0 Å². The van der Waals surface area contributed by atoms with Crippen LogP contribution in [-0.4, -0.2) is 36.0 Å². The maximum atomic E-state index is 12.4. The van der Waals surface area contributed by atoms with Gasteiger partial charge in [0.05, 0.1) is 5.54 Å². The number of rotatable bonds is 6. The first-order valence-corrected chi connectivity index (χ1v) is 8.32. The standard InChI is InChI=1S/C18H29N3O/c1-15(13-21(2)14-16-9-5-3-6-10-16)20-17(22)18(19)11-7-4-8-12-18/h3,5-6,9-10,15H,4,7-8,11-14,19H2,1-2H3,(H,20,22). The molecule has 0 aromatic heterocycles. The molecule has 0 heterocycles. The summed E-state index contributed by atoms with van der Waals surface area (Å²) in [6.07, 6.45) is 4.94. The zero-order valence-electron chi connectivity index (χ0n) is 13.8. The van der Waals surface area contributed by atoms with Crippen LogP contribution in [0.25, 0.3) is 0 Å². The lowest BCUT2D eigenvalue weighted by molar-refractivity contribution is -0.128. The number of nitrogens with zero attached hydrogens (tertiary/aromatic N) is 1. The molecule has 3 N–H and O–H groups in total. The van der Waals surface area contributed by atoms with Crippen molar-refractivity contribution in [2.24, 2.45) is 5.73 Å². The fourth-order valence-electron chi connectivity index (χ4n) is 3.25. The Bertz CT molecular complexity index is 468. The molecule has 1 aromatic carbocycles. The lowest BCUT2D eigenvalue weighted by Gasteiger charge is -2.33. The molecule has 1 fully saturated rings. The molecule has 1 amide bonds. The van der Waals surface area contributed by atoms with Crippen LogP contribution in [0.4, 0.5) is 0 Å². The number of nitrogens with two attached hydrogens (primary N) is 1. The molecule has 0 radical (unpaired) electrons. The highest BCUT2D eigenvalue weighted by Gasteiger charge is 2.35. The predicted molar refractivity (Wildman–Crippen MR) is 90.4 cm³/mol. The topological polar surface area (TPSA) is 58.4 Å². The Balaban J connectivity index is 1.79. The van der Waals surface area contributed by atoms with Crippen LogP contribution < -0.4 is 11.1 Å². The number of nitrogens with one attached hydrogen (secondary N) is 1. The van der Waals surface area contributed by atoms with Crippen LogP contribution >= 0.6 is 0 Å². The third-order valence-electron chi connectivity index (χ3n) is 4.46. The summed E-state index contributed by atoms with van der Waals surface area (Å²) in [5.41, 5.74) is 6.91. The summed E-state index contributed by atoms with van der Waals surface area (Å²) >= 11 is 0. The Hall–Kier alpha value is -1.39. The molecule has 0 aliphatic heterocycles. The summed E-state index contributed by atoms with van der Waals surface area (Å²) in [5.74, 6) is 0.0211. The van der Waals surface area contributed by atoms with E-state index in [9.17, 15) is 4.79 Å². The van der Waals surface area contributed by atoms with Crippen molar-refractivity contribution in [2.75, 3.05) is 13.6 Å². The Morgan fingerprint density at radius 1 is 1.27 bits per heavy atom. The zero-order valence-corrected chi connectivity index (χ0v) is 13.8. The lowest BCUT2D eigenvalue weighted by atomic mass is 9.82. The van der Waals surface area contributed by atoms with Crippen LogP contribution in [0.15, 0.2) is 30.3 Å². The predicted octanol–water partition coefficient (Wildman–Crippen LogP) is 2.28. The average Bonchev–Trinajstić information content (AvgIpc) is 2.48. The molecular formula is C18H29N3O. The molecule has 1 atom stereocenters. The molecule has 1 aliphatic carbocycles. The van der Waals surface area contributed by atoms with E-state index in [4.69, 9.17) is 5.73 Å². The number of carbonyl (C=O) groups excluding carboxylic acids is 1. The van der Waals surface area contributed by atoms with Crippen molar-refractivity contribution in [1.29, 1.82) is 0 Å². The molecule has 1 aromatic rings. The Morgan fingerprint density at radius 2 is 1.91 bits per heavy atom. The van der Waals surface area contributed by atoms with Gasteiger partial charge in [0.1, 0.15) is 0 Å². The number of hydrogen-bond donors (Lipinski definition) is 2. The molecule has 1 aliphatic rings. The number of hydrogen-bond acceptors (Lipinski definition) is 3. The highest BCUT2D eigenvalue weighted by atomic mass is 16.2. The van der Waals surface area contributed by atoms with Crippen molar-refractivity contribution in [3.63, 3.8) is 0 Å². The molecule has 4 heteroatoms. The minimum absolute atomic E-state index is 0.0211. The van der Waals surface area contributed by atoms with Crippen LogP contribution in [-0.2, 0) is 11.3 Å². The van der Waals surface area contributed by atoms with Gasteiger partial charge in [-0.2, -0.15) is 0 Å². The van der Waals surface area contributed by atoms with Crippen molar-refractivity contribution in [3.05, 3.63) is 35.9 Å². The molecule has 1 unspecified atom stereocenters. The molecule has 2 rings (SSSR count). The van der Waals surface area contributed by atoms with E-state index in [0.717, 1.165) is 38.8 Å². The first-order valence-electron chi connectivity index (χ1n) is 8.32. The van der Waals surface area contributed by atoms with E-state index in [0.29, 0.717) is 0 Å². The molecular weight excluding hydrogens is 274 g/mol. The van der Waals surface area contributed by atoms with Gasteiger partial charge in [-0.15, -0.1) is 0 Å². The fraction of sp³-hybridized carbons (Fsp3) is 0.611. The van der Waals surface area contributed by atoms with Crippen LogP contribution in [0, 0.1) is 0 Å². The van der Waals surface area contributed by atoms with Gasteiger partial charge in [-0.05, 0) is 32.4 Å². The number of benzene rings is 1. The van der Waals surface area contributed by atoms with E-state index in [1.165, 1.54) is 12.0 Å². The smallest absolute Gasteiger partial charge is 0.240 e. The molecule has 122 valence electrons. The number of amides is 1. The number of carbonyl (C=O) groups is 1. The fourth-order valence-corrected chi connectivity index (χ4v) is 3.25. The maximum absolute atomic E-state index is 12.4. The highest BCUT2D eigenvalue weighted by Crippen LogP contribution is 2.26. The second kappa shape index (κ2) is 7.75. The van der Waals surface area contributed by atoms with E-state index in [-0.39, 0.29) is 11.9 Å². The van der Waals surface area contributed by atoms with E-state index >= 15 is 0 Å². The molecule has 0 bridgehead atoms. The minimum Gasteiger partial charge on any atom is -0.351 e. The van der Waals surface area contributed by atoms with Gasteiger partial charge < -0.3 is 16.0 Å². The third kappa shape index (κ3) is 4.82. The van der Waals surface area contributed by atoms with Crippen LogP contribution in [0.1, 0.15) is 44.6 Å². The van der Waals surface area contributed by atoms with Crippen LogP contribution in [0.2, 0.25) is 0 Å². The van der Waals surface area contributed by atoms with Gasteiger partial charge in [0.15, 0.2) is 0 Å². The Morgan fingerprint density at radius 3 is 2.55 bits per heavy atom. The minimum atomic E-state index is -0.648. The average molecular weight is 303 g/mol. The summed E-state index contributed by atoms with van der Waals surface area (Å²) < 4.78 is 0. The second-order valence-corrected chi connectivity index (χ2v) is 6.77. The normalized spacial score (nSPS) is 18.9. The summed E-state index contributed by atoms with van der Waals surface area (Å²) in [6.45, 7) is 3.75. The lowest BCUT2D eigenvalue weighted by Crippen LogP contribution is -2.57. The largest absolute Gasteiger partial charge is 0.351 e. The van der Waals surface area contributed by atoms with Gasteiger partial charge in [-0.25, -0.2) is 0 Å². The van der Waals surface area contributed by atoms with E-state index in [1.807, 2.05) is 13.0 Å². The summed E-state index contributed by atoms with van der Waals surface area (Å²) in [4.78, 5) is 14.6. The first-order chi connectivity index (χ1) is 10.5. The Labute approximate surface area is 134 Å². The molecule has 0 spiro atoms. The van der Waals surface area contributed by atoms with E-state index in [1.54, 1.807) is 0 Å². The van der Waals surface area contributed by atoms with Crippen molar-refractivity contribution in [2.45, 2.75) is 57.2 Å².